The quantitative estimate of drug-likeness (QED) is 0.0222. The van der Waals surface area contributed by atoms with Gasteiger partial charge in [0.1, 0.15) is 19.3 Å². The number of aliphatic hydroxyl groups excluding tert-OH is 2. The van der Waals surface area contributed by atoms with Crippen molar-refractivity contribution >= 4 is 13.7 Å². The summed E-state index contributed by atoms with van der Waals surface area (Å²) >= 11 is 0. The van der Waals surface area contributed by atoms with Gasteiger partial charge in [0.2, 0.25) is 5.91 Å². The van der Waals surface area contributed by atoms with Gasteiger partial charge in [0, 0.05) is 6.42 Å². The van der Waals surface area contributed by atoms with Gasteiger partial charge in [0.15, 0.2) is 0 Å². The Morgan fingerprint density at radius 3 is 1.62 bits per heavy atom. The molecule has 0 aromatic heterocycles. The fourth-order valence-electron chi connectivity index (χ4n) is 4.91. The minimum atomic E-state index is -4.45. The topological polar surface area (TPSA) is 125 Å². The van der Waals surface area contributed by atoms with Gasteiger partial charge in [-0.25, -0.2) is 4.57 Å². The summed E-state index contributed by atoms with van der Waals surface area (Å²) in [5, 5.41) is 24.5. The smallest absolute Gasteiger partial charge is 0.390 e. The van der Waals surface area contributed by atoms with Crippen LogP contribution in [0, 0.1) is 0 Å². The summed E-state index contributed by atoms with van der Waals surface area (Å²) in [5.41, 5.74) is 0. The zero-order valence-electron chi connectivity index (χ0n) is 34.7. The molecule has 0 aromatic rings. The van der Waals surface area contributed by atoms with Gasteiger partial charge in [0.25, 0.3) is 0 Å². The number of nitrogens with zero attached hydrogens (tertiary/aromatic N) is 1. The monoisotopic (exact) mass is 788 g/mol. The SMILES string of the molecule is C/C=C/CC/C=C/CC/C=C/CCCC(O)C(O)C(COP(=O)(O)OCC[N+](C)(C)C)NC(=O)CC/C=C\C/C=C\C/C=C\C/C=C\C/C=C\C/C=C\CC. The molecular weight excluding hydrogens is 711 g/mol. The Kier molecular flexibility index (Phi) is 33.7. The first-order chi connectivity index (χ1) is 26.4. The maximum Gasteiger partial charge on any atom is 0.472 e. The third kappa shape index (κ3) is 36.5. The highest BCUT2D eigenvalue weighted by atomic mass is 31.2. The van der Waals surface area contributed by atoms with Gasteiger partial charge in [-0.15, -0.1) is 0 Å². The van der Waals surface area contributed by atoms with Crippen molar-refractivity contribution in [1.29, 1.82) is 0 Å². The van der Waals surface area contributed by atoms with Crippen molar-refractivity contribution in [2.75, 3.05) is 40.9 Å². The van der Waals surface area contributed by atoms with Crippen LogP contribution in [0.1, 0.15) is 110 Å². The van der Waals surface area contributed by atoms with Crippen molar-refractivity contribution in [2.45, 2.75) is 128 Å². The van der Waals surface area contributed by atoms with Crippen molar-refractivity contribution in [2.24, 2.45) is 0 Å². The minimum absolute atomic E-state index is 0.00813. The zero-order valence-corrected chi connectivity index (χ0v) is 35.6. The van der Waals surface area contributed by atoms with Crippen molar-refractivity contribution < 1.29 is 38.0 Å². The van der Waals surface area contributed by atoms with Crippen LogP contribution >= 0.6 is 7.82 Å². The predicted molar refractivity (Wildman–Crippen MR) is 231 cm³/mol. The molecule has 0 radical (unpaired) electrons. The first-order valence-electron chi connectivity index (χ1n) is 20.3. The minimum Gasteiger partial charge on any atom is -0.390 e. The molecule has 0 fully saturated rings. The fourth-order valence-corrected chi connectivity index (χ4v) is 5.64. The van der Waals surface area contributed by atoms with Crippen LogP contribution in [0.15, 0.2) is 109 Å². The van der Waals surface area contributed by atoms with Gasteiger partial charge in [-0.1, -0.05) is 116 Å². The standard InChI is InChI=1S/C45H75N2O7P/c1-6-8-10-12-14-16-18-20-21-22-23-24-25-26-28-30-32-34-36-38-44(49)46-42(41-54-55(51,52)53-40-39-47(3,4)5)45(50)43(48)37-35-33-31-29-27-19-17-15-13-11-9-7-2/h7-10,14-17,20-21,23-24,26,28-29,31-32,34,42-43,45,48,50H,6,11-13,18-19,22,25,27,30,33,35-41H2,1-5H3,(H-,46,49,51,52)/p+1/b9-7+,10-8-,16-14-,17-15+,21-20-,24-23-,28-26-,31-29+,34-32-. The Labute approximate surface area is 334 Å². The Morgan fingerprint density at radius 2 is 1.13 bits per heavy atom. The van der Waals surface area contributed by atoms with E-state index in [1.165, 1.54) is 0 Å². The van der Waals surface area contributed by atoms with E-state index < -0.39 is 32.7 Å². The molecule has 4 N–H and O–H groups in total. The van der Waals surface area contributed by atoms with Gasteiger partial charge >= 0.3 is 7.82 Å². The Hall–Kier alpha value is -2.88. The van der Waals surface area contributed by atoms with Crippen molar-refractivity contribution in [3.05, 3.63) is 109 Å². The number of phosphoric ester groups is 1. The Balaban J connectivity index is 4.78. The van der Waals surface area contributed by atoms with E-state index >= 15 is 0 Å². The van der Waals surface area contributed by atoms with Crippen molar-refractivity contribution in [3.8, 4) is 0 Å². The van der Waals surface area contributed by atoms with Gasteiger partial charge in [-0.3, -0.25) is 13.8 Å². The Bertz CT molecular complexity index is 1270. The molecular formula is C45H76N2O7P+. The number of nitrogens with one attached hydrogen (secondary N) is 1. The lowest BCUT2D eigenvalue weighted by atomic mass is 10.0. The first-order valence-corrected chi connectivity index (χ1v) is 21.8. The second-order valence-corrected chi connectivity index (χ2v) is 15.8. The van der Waals surface area contributed by atoms with Crippen LogP contribution in [0.2, 0.25) is 0 Å². The molecule has 0 rings (SSSR count). The van der Waals surface area contributed by atoms with Crippen LogP contribution in [-0.2, 0) is 18.4 Å². The van der Waals surface area contributed by atoms with E-state index in [0.717, 1.165) is 70.6 Å². The molecule has 312 valence electrons. The van der Waals surface area contributed by atoms with E-state index in [9.17, 15) is 24.5 Å². The van der Waals surface area contributed by atoms with Crippen LogP contribution in [0.25, 0.3) is 0 Å². The molecule has 0 aliphatic carbocycles. The number of carbonyl (C=O) groups is 1. The van der Waals surface area contributed by atoms with E-state index in [0.29, 0.717) is 23.9 Å². The molecule has 4 atom stereocenters. The number of hydrogen-bond donors (Lipinski definition) is 4. The molecule has 0 heterocycles. The highest BCUT2D eigenvalue weighted by molar-refractivity contribution is 7.47. The van der Waals surface area contributed by atoms with Crippen molar-refractivity contribution in [3.63, 3.8) is 0 Å². The number of amides is 1. The molecule has 0 bridgehead atoms. The fraction of sp³-hybridized carbons (Fsp3) is 0.578. The average Bonchev–Trinajstić information content (AvgIpc) is 3.13. The summed E-state index contributed by atoms with van der Waals surface area (Å²) in [5.74, 6) is -0.364. The van der Waals surface area contributed by atoms with E-state index in [2.05, 4.69) is 109 Å². The molecule has 9 nitrogen and oxygen atoms in total. The number of rotatable bonds is 34. The number of hydrogen-bond acceptors (Lipinski definition) is 6. The lowest BCUT2D eigenvalue weighted by molar-refractivity contribution is -0.870. The summed E-state index contributed by atoms with van der Waals surface area (Å²) in [4.78, 5) is 23.1. The zero-order chi connectivity index (χ0) is 40.9. The lowest BCUT2D eigenvalue weighted by Crippen LogP contribution is -2.51. The third-order valence-corrected chi connectivity index (χ3v) is 9.15. The summed E-state index contributed by atoms with van der Waals surface area (Å²) in [6, 6.07) is -1.11. The van der Waals surface area contributed by atoms with Crippen LogP contribution in [0.5, 0.6) is 0 Å². The number of phosphoric acid groups is 1. The molecule has 10 heteroatoms. The van der Waals surface area contributed by atoms with Crippen LogP contribution < -0.4 is 5.32 Å². The van der Waals surface area contributed by atoms with Crippen LogP contribution in [-0.4, -0.2) is 84.6 Å². The summed E-state index contributed by atoms with van der Waals surface area (Å²) in [6.45, 7) is 4.14. The molecule has 0 aliphatic rings. The number of allylic oxidation sites excluding steroid dienone is 18. The molecule has 0 spiro atoms. The molecule has 0 saturated carbocycles. The molecule has 0 saturated heterocycles. The molecule has 55 heavy (non-hydrogen) atoms. The van der Waals surface area contributed by atoms with E-state index in [1.54, 1.807) is 0 Å². The summed E-state index contributed by atoms with van der Waals surface area (Å²) in [7, 11) is 1.33. The number of quaternary nitrogens is 1. The van der Waals surface area contributed by atoms with E-state index in [1.807, 2.05) is 40.2 Å². The highest BCUT2D eigenvalue weighted by Gasteiger charge is 2.31. The maximum absolute atomic E-state index is 12.8. The van der Waals surface area contributed by atoms with Gasteiger partial charge in [0.05, 0.1) is 39.9 Å². The maximum atomic E-state index is 12.8. The number of likely N-dealkylation sites (N-methyl/N-ethyl adjacent to an activating group) is 1. The number of carbonyl (C=O) groups excluding carboxylic acids is 1. The van der Waals surface area contributed by atoms with E-state index in [4.69, 9.17) is 9.05 Å². The molecule has 4 unspecified atom stereocenters. The van der Waals surface area contributed by atoms with Crippen molar-refractivity contribution in [1.82, 2.24) is 5.32 Å². The largest absolute Gasteiger partial charge is 0.472 e. The second kappa shape index (κ2) is 35.5. The van der Waals surface area contributed by atoms with Crippen LogP contribution in [0.3, 0.4) is 0 Å². The average molecular weight is 788 g/mol. The summed E-state index contributed by atoms with van der Waals surface area (Å²) in [6.07, 6.45) is 47.6. The summed E-state index contributed by atoms with van der Waals surface area (Å²) < 4.78 is 23.4. The number of unbranched alkanes of at least 4 members (excludes halogenated alkanes) is 3. The van der Waals surface area contributed by atoms with E-state index in [-0.39, 0.29) is 25.4 Å². The van der Waals surface area contributed by atoms with Crippen LogP contribution in [0.4, 0.5) is 0 Å². The highest BCUT2D eigenvalue weighted by Crippen LogP contribution is 2.43. The second-order valence-electron chi connectivity index (χ2n) is 14.4. The first kappa shape index (κ1) is 52.1. The lowest BCUT2D eigenvalue weighted by Gasteiger charge is -2.28. The van der Waals surface area contributed by atoms with Gasteiger partial charge in [-0.2, -0.15) is 0 Å². The molecule has 1 amide bonds. The number of aliphatic hydroxyl groups is 2. The van der Waals surface area contributed by atoms with Gasteiger partial charge in [-0.05, 0) is 96.8 Å². The Morgan fingerprint density at radius 1 is 0.673 bits per heavy atom. The third-order valence-electron chi connectivity index (χ3n) is 8.16. The molecule has 0 aromatic carbocycles. The predicted octanol–water partition coefficient (Wildman–Crippen LogP) is 9.93. The molecule has 0 aliphatic heterocycles. The van der Waals surface area contributed by atoms with Gasteiger partial charge < -0.3 is 24.9 Å². The normalized spacial score (nSPS) is 16.1.